The van der Waals surface area contributed by atoms with Crippen LogP contribution in [0.4, 0.5) is 5.69 Å². The molecule has 162 valence electrons. The molecule has 5 nitrogen and oxygen atoms in total. The van der Waals surface area contributed by atoms with Crippen molar-refractivity contribution in [3.8, 4) is 5.75 Å². The standard InChI is InChI=1S/C20H21NO2.C4H9NO.ClH/c1-4-22-18-12-8-16-13-19(23-20(16)14-18)11-7-15-5-9-17(10-6-15)21(2)3;1-3-6-4-2-5-1;/h5-14H,4H2,1-3H3;5H,1-4H2;1H. The third kappa shape index (κ3) is 7.10. The number of hydrogen-bond acceptors (Lipinski definition) is 5. The highest BCUT2D eigenvalue weighted by Crippen LogP contribution is 2.25. The van der Waals surface area contributed by atoms with Gasteiger partial charge < -0.3 is 24.1 Å². The number of nitrogens with one attached hydrogen (secondary N) is 1. The van der Waals surface area contributed by atoms with Crippen LogP contribution in [0.15, 0.2) is 52.9 Å². The Morgan fingerprint density at radius 3 is 2.30 bits per heavy atom. The number of benzene rings is 2. The van der Waals surface area contributed by atoms with Gasteiger partial charge >= 0.3 is 0 Å². The summed E-state index contributed by atoms with van der Waals surface area (Å²) in [5.74, 6) is 1.68. The van der Waals surface area contributed by atoms with Gasteiger partial charge in [-0.1, -0.05) is 18.2 Å². The van der Waals surface area contributed by atoms with Crippen LogP contribution in [0.3, 0.4) is 0 Å². The Morgan fingerprint density at radius 2 is 1.73 bits per heavy atom. The average molecular weight is 431 g/mol. The molecule has 2 heterocycles. The van der Waals surface area contributed by atoms with E-state index in [-0.39, 0.29) is 12.4 Å². The molecule has 0 atom stereocenters. The fraction of sp³-hybridized carbons (Fsp3) is 0.333. The highest BCUT2D eigenvalue weighted by molar-refractivity contribution is 5.85. The zero-order valence-electron chi connectivity index (χ0n) is 17.9. The molecular formula is C24H31ClN2O3. The maximum atomic E-state index is 5.86. The van der Waals surface area contributed by atoms with E-state index in [1.165, 1.54) is 5.69 Å². The first-order valence-corrected chi connectivity index (χ1v) is 10.1. The number of rotatable bonds is 5. The number of hydrogen-bond donors (Lipinski definition) is 1. The van der Waals surface area contributed by atoms with Crippen LogP contribution in [-0.4, -0.2) is 47.0 Å². The minimum atomic E-state index is 0. The minimum Gasteiger partial charge on any atom is -0.494 e. The van der Waals surface area contributed by atoms with Crippen molar-refractivity contribution < 1.29 is 13.9 Å². The molecule has 1 aliphatic heterocycles. The maximum Gasteiger partial charge on any atom is 0.138 e. The van der Waals surface area contributed by atoms with Crippen LogP contribution in [0.25, 0.3) is 23.1 Å². The lowest BCUT2D eigenvalue weighted by Crippen LogP contribution is -2.30. The number of halogens is 1. The van der Waals surface area contributed by atoms with Gasteiger partial charge in [0.15, 0.2) is 0 Å². The Hall–Kier alpha value is -2.47. The molecule has 0 amide bonds. The van der Waals surface area contributed by atoms with E-state index in [1.807, 2.05) is 51.4 Å². The molecule has 0 saturated carbocycles. The molecule has 1 aromatic heterocycles. The fourth-order valence-corrected chi connectivity index (χ4v) is 2.95. The van der Waals surface area contributed by atoms with Gasteiger partial charge in [-0.15, -0.1) is 12.4 Å². The number of fused-ring (bicyclic) bond motifs is 1. The van der Waals surface area contributed by atoms with Gasteiger partial charge in [-0.05, 0) is 48.9 Å². The van der Waals surface area contributed by atoms with Gasteiger partial charge in [0.25, 0.3) is 0 Å². The van der Waals surface area contributed by atoms with Gasteiger partial charge in [-0.2, -0.15) is 0 Å². The zero-order valence-corrected chi connectivity index (χ0v) is 18.7. The second kappa shape index (κ2) is 12.3. The Balaban J connectivity index is 0.000000395. The smallest absolute Gasteiger partial charge is 0.138 e. The molecule has 4 rings (SSSR count). The van der Waals surface area contributed by atoms with Gasteiger partial charge in [-0.3, -0.25) is 0 Å². The summed E-state index contributed by atoms with van der Waals surface area (Å²) in [6.45, 7) is 6.46. The van der Waals surface area contributed by atoms with Crippen molar-refractivity contribution >= 4 is 41.2 Å². The summed E-state index contributed by atoms with van der Waals surface area (Å²) >= 11 is 0. The van der Waals surface area contributed by atoms with Crippen molar-refractivity contribution in [3.63, 3.8) is 0 Å². The SMILES string of the molecule is C1COCCN1.CCOc1ccc2cc(C=Cc3ccc(N(C)C)cc3)oc2c1.Cl. The third-order valence-electron chi connectivity index (χ3n) is 4.52. The summed E-state index contributed by atoms with van der Waals surface area (Å²) < 4.78 is 16.4. The van der Waals surface area contributed by atoms with Crippen molar-refractivity contribution in [2.24, 2.45) is 0 Å². The van der Waals surface area contributed by atoms with E-state index in [0.29, 0.717) is 6.61 Å². The van der Waals surface area contributed by atoms with Gasteiger partial charge in [0.05, 0.1) is 19.8 Å². The third-order valence-corrected chi connectivity index (χ3v) is 4.52. The number of ether oxygens (including phenoxy) is 2. The van der Waals surface area contributed by atoms with E-state index < -0.39 is 0 Å². The van der Waals surface area contributed by atoms with Crippen molar-refractivity contribution in [1.29, 1.82) is 0 Å². The van der Waals surface area contributed by atoms with Gasteiger partial charge in [0.1, 0.15) is 17.1 Å². The van der Waals surface area contributed by atoms with Crippen LogP contribution in [-0.2, 0) is 4.74 Å². The lowest BCUT2D eigenvalue weighted by Gasteiger charge is -2.11. The summed E-state index contributed by atoms with van der Waals surface area (Å²) in [6.07, 6.45) is 4.05. The van der Waals surface area contributed by atoms with Crippen LogP contribution in [0.2, 0.25) is 0 Å². The molecule has 1 N–H and O–H groups in total. The highest BCUT2D eigenvalue weighted by Gasteiger charge is 2.03. The van der Waals surface area contributed by atoms with Gasteiger partial charge in [0, 0.05) is 44.3 Å². The van der Waals surface area contributed by atoms with Crippen molar-refractivity contribution in [2.75, 3.05) is 51.9 Å². The van der Waals surface area contributed by atoms with E-state index in [1.54, 1.807) is 0 Å². The molecular weight excluding hydrogens is 400 g/mol. The lowest BCUT2D eigenvalue weighted by molar-refractivity contribution is 0.109. The number of anilines is 1. The molecule has 1 saturated heterocycles. The normalized spacial score (nSPS) is 13.4. The van der Waals surface area contributed by atoms with Crippen molar-refractivity contribution in [2.45, 2.75) is 6.92 Å². The minimum absolute atomic E-state index is 0. The lowest BCUT2D eigenvalue weighted by atomic mass is 10.1. The molecule has 6 heteroatoms. The molecule has 2 aromatic carbocycles. The molecule has 0 spiro atoms. The first-order valence-electron chi connectivity index (χ1n) is 10.1. The summed E-state index contributed by atoms with van der Waals surface area (Å²) in [7, 11) is 4.07. The molecule has 30 heavy (non-hydrogen) atoms. The van der Waals surface area contributed by atoms with Crippen molar-refractivity contribution in [1.82, 2.24) is 5.32 Å². The molecule has 0 radical (unpaired) electrons. The maximum absolute atomic E-state index is 5.86. The molecule has 0 bridgehead atoms. The molecule has 0 aliphatic carbocycles. The molecule has 0 unspecified atom stereocenters. The summed E-state index contributed by atoms with van der Waals surface area (Å²) in [6, 6.07) is 16.4. The predicted octanol–water partition coefficient (Wildman–Crippen LogP) is 5.10. The largest absolute Gasteiger partial charge is 0.494 e. The molecule has 1 fully saturated rings. The second-order valence-corrected chi connectivity index (χ2v) is 6.96. The van der Waals surface area contributed by atoms with E-state index in [4.69, 9.17) is 13.9 Å². The van der Waals surface area contributed by atoms with Gasteiger partial charge in [0.2, 0.25) is 0 Å². The Kier molecular flexibility index (Phi) is 9.74. The number of furan rings is 1. The summed E-state index contributed by atoms with van der Waals surface area (Å²) in [5, 5.41) is 4.24. The van der Waals surface area contributed by atoms with E-state index in [0.717, 1.165) is 54.3 Å². The van der Waals surface area contributed by atoms with Crippen molar-refractivity contribution in [3.05, 3.63) is 59.9 Å². The summed E-state index contributed by atoms with van der Waals surface area (Å²) in [4.78, 5) is 2.09. The van der Waals surface area contributed by atoms with Gasteiger partial charge in [-0.25, -0.2) is 0 Å². The van der Waals surface area contributed by atoms with E-state index in [2.05, 4.69) is 40.6 Å². The Labute approximate surface area is 185 Å². The quantitative estimate of drug-likeness (QED) is 0.610. The van der Waals surface area contributed by atoms with E-state index in [9.17, 15) is 0 Å². The average Bonchev–Trinajstić information content (AvgIpc) is 3.17. The molecule has 3 aromatic rings. The first kappa shape index (κ1) is 23.8. The second-order valence-electron chi connectivity index (χ2n) is 6.96. The highest BCUT2D eigenvalue weighted by atomic mass is 35.5. The van der Waals surface area contributed by atoms with Crippen LogP contribution < -0.4 is 15.0 Å². The number of morpholine rings is 1. The molecule has 1 aliphatic rings. The van der Waals surface area contributed by atoms with Crippen LogP contribution in [0.1, 0.15) is 18.2 Å². The summed E-state index contributed by atoms with van der Waals surface area (Å²) in [5.41, 5.74) is 3.18. The fourth-order valence-electron chi connectivity index (χ4n) is 2.95. The Bertz CT molecular complexity index is 904. The first-order chi connectivity index (χ1) is 14.2. The Morgan fingerprint density at radius 1 is 1.00 bits per heavy atom. The monoisotopic (exact) mass is 430 g/mol. The predicted molar refractivity (Wildman–Crippen MR) is 128 cm³/mol. The zero-order chi connectivity index (χ0) is 20.5. The van der Waals surface area contributed by atoms with Crippen LogP contribution >= 0.6 is 12.4 Å². The van der Waals surface area contributed by atoms with Crippen LogP contribution in [0, 0.1) is 0 Å². The van der Waals surface area contributed by atoms with Crippen LogP contribution in [0.5, 0.6) is 5.75 Å². The number of nitrogens with zero attached hydrogens (tertiary/aromatic N) is 1. The van der Waals surface area contributed by atoms with E-state index >= 15 is 0 Å². The topological polar surface area (TPSA) is 46.9 Å².